The monoisotopic (exact) mass is 369 g/mol. The third-order valence-electron chi connectivity index (χ3n) is 3.43. The number of rotatable bonds is 9. The second-order valence-electron chi connectivity index (χ2n) is 5.16. The van der Waals surface area contributed by atoms with Crippen LogP contribution in [0, 0.1) is 0 Å². The van der Waals surface area contributed by atoms with Crippen molar-refractivity contribution < 1.29 is 14.2 Å². The zero-order valence-electron chi connectivity index (χ0n) is 13.8. The molecule has 130 valence electrons. The molecule has 6 heteroatoms. The van der Waals surface area contributed by atoms with Crippen molar-refractivity contribution in [2.75, 3.05) is 27.4 Å². The Balaban J connectivity index is 2.08. The number of nitrogens with one attached hydrogen (secondary N) is 1. The Kier molecular flexibility index (Phi) is 7.66. The van der Waals surface area contributed by atoms with E-state index in [1.165, 1.54) is 0 Å². The van der Waals surface area contributed by atoms with Crippen molar-refractivity contribution in [3.05, 3.63) is 57.6 Å². The highest BCUT2D eigenvalue weighted by Crippen LogP contribution is 2.37. The van der Waals surface area contributed by atoms with E-state index in [9.17, 15) is 0 Å². The predicted octanol–water partition coefficient (Wildman–Crippen LogP) is 4.32. The first kappa shape index (κ1) is 18.9. The molecule has 2 aromatic rings. The van der Waals surface area contributed by atoms with Crippen molar-refractivity contribution in [1.82, 2.24) is 5.32 Å². The van der Waals surface area contributed by atoms with Gasteiger partial charge in [0.05, 0.1) is 18.7 Å². The van der Waals surface area contributed by atoms with Crippen LogP contribution in [0.5, 0.6) is 11.5 Å². The summed E-state index contributed by atoms with van der Waals surface area (Å²) in [5.41, 5.74) is 1.90. The van der Waals surface area contributed by atoms with Gasteiger partial charge in [0.2, 0.25) is 0 Å². The first-order chi connectivity index (χ1) is 11.7. The fraction of sp³-hybridized carbons (Fsp3) is 0.333. The second-order valence-corrected chi connectivity index (χ2v) is 5.97. The lowest BCUT2D eigenvalue weighted by Crippen LogP contribution is -2.18. The van der Waals surface area contributed by atoms with Gasteiger partial charge in [-0.1, -0.05) is 41.4 Å². The topological polar surface area (TPSA) is 39.7 Å². The standard InChI is InChI=1S/C18H21Cl2NO3/c1-22-8-7-21-11-13-9-16(20)18(17(10-13)23-2)24-12-14-5-3-4-6-15(14)19/h3-6,9-10,21H,7-8,11-12H2,1-2H3. The highest BCUT2D eigenvalue weighted by molar-refractivity contribution is 6.32. The zero-order chi connectivity index (χ0) is 17.4. The summed E-state index contributed by atoms with van der Waals surface area (Å²) in [6.07, 6.45) is 0. The molecule has 1 N–H and O–H groups in total. The molecule has 0 aromatic heterocycles. The molecule has 0 saturated heterocycles. The van der Waals surface area contributed by atoms with Crippen molar-refractivity contribution in [1.29, 1.82) is 0 Å². The summed E-state index contributed by atoms with van der Waals surface area (Å²) in [7, 11) is 3.27. The Morgan fingerprint density at radius 3 is 2.54 bits per heavy atom. The Bertz CT molecular complexity index is 665. The Labute approximate surface area is 152 Å². The molecule has 0 amide bonds. The van der Waals surface area contributed by atoms with Gasteiger partial charge in [-0.3, -0.25) is 0 Å². The number of hydrogen-bond acceptors (Lipinski definition) is 4. The Hall–Kier alpha value is -1.46. The molecular weight excluding hydrogens is 349 g/mol. The number of benzene rings is 2. The van der Waals surface area contributed by atoms with Gasteiger partial charge in [-0.05, 0) is 23.8 Å². The van der Waals surface area contributed by atoms with Crippen LogP contribution in [-0.2, 0) is 17.9 Å². The van der Waals surface area contributed by atoms with Crippen LogP contribution in [0.3, 0.4) is 0 Å². The maximum Gasteiger partial charge on any atom is 0.180 e. The predicted molar refractivity (Wildman–Crippen MR) is 97.4 cm³/mol. The molecule has 0 unspecified atom stereocenters. The number of hydrogen-bond donors (Lipinski definition) is 1. The van der Waals surface area contributed by atoms with Gasteiger partial charge < -0.3 is 19.5 Å². The first-order valence-corrected chi connectivity index (χ1v) is 8.33. The fourth-order valence-corrected chi connectivity index (χ4v) is 2.67. The smallest absolute Gasteiger partial charge is 0.180 e. The van der Waals surface area contributed by atoms with Crippen LogP contribution in [0.1, 0.15) is 11.1 Å². The van der Waals surface area contributed by atoms with Crippen molar-refractivity contribution in [3.63, 3.8) is 0 Å². The van der Waals surface area contributed by atoms with Gasteiger partial charge in [-0.2, -0.15) is 0 Å². The highest BCUT2D eigenvalue weighted by Gasteiger charge is 2.13. The quantitative estimate of drug-likeness (QED) is 0.668. The van der Waals surface area contributed by atoms with E-state index < -0.39 is 0 Å². The summed E-state index contributed by atoms with van der Waals surface area (Å²) in [4.78, 5) is 0. The summed E-state index contributed by atoms with van der Waals surface area (Å²) >= 11 is 12.5. The van der Waals surface area contributed by atoms with Crippen LogP contribution in [0.2, 0.25) is 10.0 Å². The molecule has 0 fully saturated rings. The zero-order valence-corrected chi connectivity index (χ0v) is 15.3. The molecule has 0 bridgehead atoms. The summed E-state index contributed by atoms with van der Waals surface area (Å²) < 4.78 is 16.3. The van der Waals surface area contributed by atoms with Gasteiger partial charge in [0.15, 0.2) is 11.5 Å². The number of halogens is 2. The summed E-state index contributed by atoms with van der Waals surface area (Å²) in [5.74, 6) is 1.11. The van der Waals surface area contributed by atoms with E-state index in [0.717, 1.165) is 17.7 Å². The van der Waals surface area contributed by atoms with Crippen molar-refractivity contribution >= 4 is 23.2 Å². The molecule has 0 aliphatic rings. The molecule has 0 saturated carbocycles. The maximum absolute atomic E-state index is 6.37. The van der Waals surface area contributed by atoms with Crippen LogP contribution in [-0.4, -0.2) is 27.4 Å². The van der Waals surface area contributed by atoms with E-state index in [-0.39, 0.29) is 0 Å². The van der Waals surface area contributed by atoms with Crippen LogP contribution in [0.4, 0.5) is 0 Å². The molecule has 2 rings (SSSR count). The minimum absolute atomic E-state index is 0.321. The number of ether oxygens (including phenoxy) is 3. The molecule has 0 radical (unpaired) electrons. The average Bonchev–Trinajstić information content (AvgIpc) is 2.58. The van der Waals surface area contributed by atoms with Crippen LogP contribution < -0.4 is 14.8 Å². The molecule has 24 heavy (non-hydrogen) atoms. The van der Waals surface area contributed by atoms with Gasteiger partial charge in [-0.15, -0.1) is 0 Å². The lowest BCUT2D eigenvalue weighted by atomic mass is 10.2. The SMILES string of the molecule is COCCNCc1cc(Cl)c(OCc2ccccc2Cl)c(OC)c1. The normalized spacial score (nSPS) is 10.7. The van der Waals surface area contributed by atoms with Crippen LogP contribution in [0.15, 0.2) is 36.4 Å². The van der Waals surface area contributed by atoms with E-state index in [0.29, 0.717) is 41.3 Å². The Morgan fingerprint density at radius 1 is 1.04 bits per heavy atom. The molecule has 2 aromatic carbocycles. The molecule has 0 spiro atoms. The minimum atomic E-state index is 0.321. The average molecular weight is 370 g/mol. The van der Waals surface area contributed by atoms with E-state index in [1.807, 2.05) is 36.4 Å². The Morgan fingerprint density at radius 2 is 1.83 bits per heavy atom. The lowest BCUT2D eigenvalue weighted by Gasteiger charge is -2.15. The van der Waals surface area contributed by atoms with E-state index in [4.69, 9.17) is 37.4 Å². The second kappa shape index (κ2) is 9.74. The minimum Gasteiger partial charge on any atom is -0.493 e. The molecule has 0 aliphatic heterocycles. The number of methoxy groups -OCH3 is 2. The van der Waals surface area contributed by atoms with E-state index in [2.05, 4.69) is 5.32 Å². The summed E-state index contributed by atoms with van der Waals surface area (Å²) in [6.45, 7) is 2.41. The van der Waals surface area contributed by atoms with Crippen molar-refractivity contribution in [2.45, 2.75) is 13.2 Å². The van der Waals surface area contributed by atoms with Crippen LogP contribution >= 0.6 is 23.2 Å². The highest BCUT2D eigenvalue weighted by atomic mass is 35.5. The molecule has 0 atom stereocenters. The van der Waals surface area contributed by atoms with E-state index in [1.54, 1.807) is 14.2 Å². The van der Waals surface area contributed by atoms with Crippen LogP contribution in [0.25, 0.3) is 0 Å². The third kappa shape index (κ3) is 5.28. The van der Waals surface area contributed by atoms with Crippen molar-refractivity contribution in [2.24, 2.45) is 0 Å². The lowest BCUT2D eigenvalue weighted by molar-refractivity contribution is 0.199. The summed E-state index contributed by atoms with van der Waals surface area (Å²) in [5, 5.41) is 4.43. The van der Waals surface area contributed by atoms with Gasteiger partial charge in [0, 0.05) is 30.8 Å². The third-order valence-corrected chi connectivity index (χ3v) is 4.08. The summed E-state index contributed by atoms with van der Waals surface area (Å²) in [6, 6.07) is 11.3. The molecule has 0 heterocycles. The largest absolute Gasteiger partial charge is 0.493 e. The first-order valence-electron chi connectivity index (χ1n) is 7.58. The van der Waals surface area contributed by atoms with Gasteiger partial charge >= 0.3 is 0 Å². The van der Waals surface area contributed by atoms with E-state index >= 15 is 0 Å². The van der Waals surface area contributed by atoms with Gasteiger partial charge in [0.25, 0.3) is 0 Å². The fourth-order valence-electron chi connectivity index (χ4n) is 2.19. The van der Waals surface area contributed by atoms with Gasteiger partial charge in [0.1, 0.15) is 6.61 Å². The molecular formula is C18H21Cl2NO3. The molecule has 0 aliphatic carbocycles. The van der Waals surface area contributed by atoms with Gasteiger partial charge in [-0.25, -0.2) is 0 Å². The van der Waals surface area contributed by atoms with Crippen molar-refractivity contribution in [3.8, 4) is 11.5 Å². The molecule has 4 nitrogen and oxygen atoms in total. The maximum atomic E-state index is 6.37.